The van der Waals surface area contributed by atoms with Gasteiger partial charge in [0.05, 0.1) is 6.10 Å². The van der Waals surface area contributed by atoms with Gasteiger partial charge in [-0.2, -0.15) is 0 Å². The van der Waals surface area contributed by atoms with Crippen LogP contribution < -0.4 is 10.0 Å². The quantitative estimate of drug-likeness (QED) is 0.845. The summed E-state index contributed by atoms with van der Waals surface area (Å²) in [5.74, 6) is 0.292. The summed E-state index contributed by atoms with van der Waals surface area (Å²) in [5, 5.41) is 1.58. The average molecular weight is 280 g/mol. The summed E-state index contributed by atoms with van der Waals surface area (Å²) in [6, 6.07) is 10.6. The van der Waals surface area contributed by atoms with Crippen LogP contribution in [0.3, 0.4) is 0 Å². The van der Waals surface area contributed by atoms with Gasteiger partial charge in [0, 0.05) is 5.39 Å². The van der Waals surface area contributed by atoms with Gasteiger partial charge in [0.1, 0.15) is 11.1 Å². The van der Waals surface area contributed by atoms with E-state index in [9.17, 15) is 14.4 Å². The topological polar surface area (TPSA) is 66.8 Å². The van der Waals surface area contributed by atoms with Crippen LogP contribution in [0.1, 0.15) is 20.3 Å². The Morgan fingerprint density at radius 1 is 1.21 bits per heavy atom. The predicted octanol–water partition coefficient (Wildman–Crippen LogP) is 2.82. The highest BCUT2D eigenvalue weighted by Gasteiger charge is 2.25. The molecule has 2 N–H and O–H groups in total. The zero-order valence-corrected chi connectivity index (χ0v) is 11.8. The maximum Gasteiger partial charge on any atom is 0.359 e. The van der Waals surface area contributed by atoms with E-state index in [1.54, 1.807) is 6.07 Å². The Morgan fingerprint density at radius 2 is 1.89 bits per heavy atom. The Balaban J connectivity index is 2.68. The minimum atomic E-state index is -4.35. The molecule has 102 valence electrons. The number of hydrogen-bond acceptors (Lipinski definition) is 2. The van der Waals surface area contributed by atoms with Crippen molar-refractivity contribution < 1.29 is 19.1 Å². The third-order valence-electron chi connectivity index (χ3n) is 3.07. The highest BCUT2D eigenvalue weighted by atomic mass is 31.2. The van der Waals surface area contributed by atoms with Crippen molar-refractivity contribution in [1.29, 1.82) is 0 Å². The molecule has 0 saturated carbocycles. The molecule has 19 heavy (non-hydrogen) atoms. The Bertz CT molecular complexity index is 632. The van der Waals surface area contributed by atoms with Crippen LogP contribution in [0.2, 0.25) is 0 Å². The molecule has 0 aliphatic heterocycles. The van der Waals surface area contributed by atoms with Gasteiger partial charge in [-0.3, -0.25) is 4.57 Å². The van der Waals surface area contributed by atoms with E-state index in [2.05, 4.69) is 0 Å². The predicted molar refractivity (Wildman–Crippen MR) is 76.0 cm³/mol. The van der Waals surface area contributed by atoms with Gasteiger partial charge in [0.25, 0.3) is 0 Å². The molecular formula is C14H17O4P. The van der Waals surface area contributed by atoms with Gasteiger partial charge in [0.2, 0.25) is 0 Å². The largest absolute Gasteiger partial charge is 0.489 e. The molecule has 0 fully saturated rings. The van der Waals surface area contributed by atoms with Crippen LogP contribution >= 0.6 is 7.60 Å². The van der Waals surface area contributed by atoms with Crippen molar-refractivity contribution in [2.75, 3.05) is 0 Å². The van der Waals surface area contributed by atoms with E-state index in [1.165, 1.54) is 6.07 Å². The molecule has 0 saturated heterocycles. The van der Waals surface area contributed by atoms with E-state index in [0.717, 1.165) is 17.2 Å². The van der Waals surface area contributed by atoms with Crippen LogP contribution in [-0.4, -0.2) is 15.9 Å². The van der Waals surface area contributed by atoms with Crippen LogP contribution in [0.4, 0.5) is 0 Å². The van der Waals surface area contributed by atoms with Crippen molar-refractivity contribution in [3.05, 3.63) is 36.4 Å². The molecule has 2 aromatic rings. The van der Waals surface area contributed by atoms with Crippen LogP contribution in [-0.2, 0) is 4.57 Å². The second kappa shape index (κ2) is 5.33. The van der Waals surface area contributed by atoms with Crippen molar-refractivity contribution in [2.45, 2.75) is 26.4 Å². The summed E-state index contributed by atoms with van der Waals surface area (Å²) >= 11 is 0. The van der Waals surface area contributed by atoms with Gasteiger partial charge >= 0.3 is 7.60 Å². The van der Waals surface area contributed by atoms with E-state index in [1.807, 2.05) is 38.1 Å². The Kier molecular flexibility index (Phi) is 3.95. The third-order valence-corrected chi connectivity index (χ3v) is 4.05. The summed E-state index contributed by atoms with van der Waals surface area (Å²) in [4.78, 5) is 18.9. The zero-order valence-electron chi connectivity index (χ0n) is 10.9. The zero-order chi connectivity index (χ0) is 14.0. The Morgan fingerprint density at radius 3 is 2.53 bits per heavy atom. The highest BCUT2D eigenvalue weighted by Crippen LogP contribution is 2.40. The van der Waals surface area contributed by atoms with Gasteiger partial charge < -0.3 is 14.5 Å². The standard InChI is InChI=1S/C14H17O4P/c1-3-10(2)18-14-12-7-5-4-6-11(12)8-9-13(14)19(15,16)17/h4-10H,3H2,1-2H3,(H2,15,16,17). The first-order valence-electron chi connectivity index (χ1n) is 6.18. The summed E-state index contributed by atoms with van der Waals surface area (Å²) in [6.07, 6.45) is 0.667. The SMILES string of the molecule is CCC(C)Oc1c(P(=O)(O)O)ccc2ccccc12. The fourth-order valence-corrected chi connectivity index (χ4v) is 2.58. The molecule has 2 aromatic carbocycles. The molecule has 0 amide bonds. The summed E-state index contributed by atoms with van der Waals surface area (Å²) in [6.45, 7) is 3.85. The molecule has 0 aromatic heterocycles. The van der Waals surface area contributed by atoms with Crippen molar-refractivity contribution in [3.63, 3.8) is 0 Å². The monoisotopic (exact) mass is 280 g/mol. The normalized spacial score (nSPS) is 13.5. The summed E-state index contributed by atoms with van der Waals surface area (Å²) < 4.78 is 17.3. The second-order valence-electron chi connectivity index (χ2n) is 4.52. The Hall–Kier alpha value is -1.35. The van der Waals surface area contributed by atoms with Crippen molar-refractivity contribution in [3.8, 4) is 5.75 Å². The molecule has 0 spiro atoms. The average Bonchev–Trinajstić information content (AvgIpc) is 2.37. The minimum absolute atomic E-state index is 0.0495. The number of fused-ring (bicyclic) bond motifs is 1. The van der Waals surface area contributed by atoms with Crippen LogP contribution in [0.25, 0.3) is 10.8 Å². The number of ether oxygens (including phenoxy) is 1. The van der Waals surface area contributed by atoms with Crippen LogP contribution in [0.5, 0.6) is 5.75 Å². The molecule has 1 unspecified atom stereocenters. The van der Waals surface area contributed by atoms with E-state index in [4.69, 9.17) is 4.74 Å². The van der Waals surface area contributed by atoms with Crippen molar-refractivity contribution in [1.82, 2.24) is 0 Å². The summed E-state index contributed by atoms with van der Waals surface area (Å²) in [7, 11) is -4.35. The van der Waals surface area contributed by atoms with Crippen LogP contribution in [0.15, 0.2) is 36.4 Å². The van der Waals surface area contributed by atoms with Gasteiger partial charge in [-0.05, 0) is 24.8 Å². The lowest BCUT2D eigenvalue weighted by atomic mass is 10.1. The molecule has 0 aliphatic rings. The number of hydrogen-bond donors (Lipinski definition) is 2. The molecule has 0 radical (unpaired) electrons. The third kappa shape index (κ3) is 2.98. The molecule has 0 aliphatic carbocycles. The number of benzene rings is 2. The van der Waals surface area contributed by atoms with Gasteiger partial charge in [-0.15, -0.1) is 0 Å². The van der Waals surface area contributed by atoms with Gasteiger partial charge in [-0.1, -0.05) is 37.3 Å². The fraction of sp³-hybridized carbons (Fsp3) is 0.286. The molecular weight excluding hydrogens is 263 g/mol. The fourth-order valence-electron chi connectivity index (χ4n) is 1.87. The van der Waals surface area contributed by atoms with E-state index in [-0.39, 0.29) is 11.4 Å². The van der Waals surface area contributed by atoms with Crippen molar-refractivity contribution >= 4 is 23.7 Å². The van der Waals surface area contributed by atoms with Crippen LogP contribution in [0, 0.1) is 0 Å². The highest BCUT2D eigenvalue weighted by molar-refractivity contribution is 7.60. The molecule has 2 rings (SSSR count). The minimum Gasteiger partial charge on any atom is -0.489 e. The van der Waals surface area contributed by atoms with Gasteiger partial charge in [0.15, 0.2) is 0 Å². The second-order valence-corrected chi connectivity index (χ2v) is 6.09. The maximum atomic E-state index is 11.6. The number of rotatable bonds is 4. The molecule has 0 bridgehead atoms. The van der Waals surface area contributed by atoms with E-state index in [0.29, 0.717) is 5.75 Å². The van der Waals surface area contributed by atoms with Gasteiger partial charge in [-0.25, -0.2) is 0 Å². The first-order chi connectivity index (χ1) is 8.93. The maximum absolute atomic E-state index is 11.6. The lowest BCUT2D eigenvalue weighted by molar-refractivity contribution is 0.221. The summed E-state index contributed by atoms with van der Waals surface area (Å²) in [5.41, 5.74) is 0. The molecule has 5 heteroatoms. The van der Waals surface area contributed by atoms with E-state index < -0.39 is 7.60 Å². The Labute approximate surface area is 112 Å². The lowest BCUT2D eigenvalue weighted by Crippen LogP contribution is -2.17. The first kappa shape index (κ1) is 14.1. The lowest BCUT2D eigenvalue weighted by Gasteiger charge is -2.18. The first-order valence-corrected chi connectivity index (χ1v) is 7.79. The van der Waals surface area contributed by atoms with Crippen molar-refractivity contribution in [2.24, 2.45) is 0 Å². The molecule has 4 nitrogen and oxygen atoms in total. The molecule has 0 heterocycles. The smallest absolute Gasteiger partial charge is 0.359 e. The molecule has 1 atom stereocenters. The van der Waals surface area contributed by atoms with E-state index >= 15 is 0 Å².